The smallest absolute Gasteiger partial charge is 0.348 e. The van der Waals surface area contributed by atoms with E-state index in [9.17, 15) is 19.7 Å². The number of cyclic esters (lactones) is 2. The Morgan fingerprint density at radius 1 is 1.20 bits per heavy atom. The van der Waals surface area contributed by atoms with Gasteiger partial charge in [-0.3, -0.25) is 10.1 Å². The third kappa shape index (κ3) is 2.82. The molecule has 0 aromatic heterocycles. The third-order valence-corrected chi connectivity index (χ3v) is 2.51. The quantitative estimate of drug-likeness (QED) is 0.269. The molecule has 7 nitrogen and oxygen atoms in total. The Morgan fingerprint density at radius 2 is 1.80 bits per heavy atom. The van der Waals surface area contributed by atoms with E-state index < -0.39 is 22.6 Å². The number of non-ortho nitro benzene ring substituents is 1. The van der Waals surface area contributed by atoms with E-state index in [1.807, 2.05) is 0 Å². The van der Waals surface area contributed by atoms with Crippen LogP contribution in [-0.4, -0.2) is 22.6 Å². The molecular formula is C13H11NO6. The van der Waals surface area contributed by atoms with Gasteiger partial charge in [-0.05, 0) is 11.6 Å². The fraction of sp³-hybridized carbons (Fsp3) is 0.231. The molecule has 1 aliphatic heterocycles. The number of hydrogen-bond acceptors (Lipinski definition) is 6. The lowest BCUT2D eigenvalue weighted by Crippen LogP contribution is -2.41. The van der Waals surface area contributed by atoms with Gasteiger partial charge < -0.3 is 9.47 Å². The first-order valence-electron chi connectivity index (χ1n) is 5.71. The summed E-state index contributed by atoms with van der Waals surface area (Å²) < 4.78 is 9.84. The Morgan fingerprint density at radius 3 is 2.35 bits per heavy atom. The molecule has 2 rings (SSSR count). The minimum Gasteiger partial charge on any atom is -0.419 e. The molecule has 0 spiro atoms. The van der Waals surface area contributed by atoms with E-state index in [4.69, 9.17) is 9.47 Å². The summed E-state index contributed by atoms with van der Waals surface area (Å²) >= 11 is 0. The van der Waals surface area contributed by atoms with Crippen molar-refractivity contribution in [3.05, 3.63) is 45.5 Å². The molecule has 1 heterocycles. The van der Waals surface area contributed by atoms with E-state index in [1.54, 1.807) is 0 Å². The maximum atomic E-state index is 11.7. The minimum atomic E-state index is -1.31. The molecule has 0 radical (unpaired) electrons. The number of carbonyl (C=O) groups excluding carboxylic acids is 2. The maximum Gasteiger partial charge on any atom is 0.348 e. The number of nitro benzene ring substituents is 1. The molecule has 0 N–H and O–H groups in total. The Hall–Kier alpha value is -2.70. The first-order chi connectivity index (χ1) is 9.28. The molecule has 104 valence electrons. The van der Waals surface area contributed by atoms with Crippen LogP contribution in [0.15, 0.2) is 29.8 Å². The number of hydrogen-bond donors (Lipinski definition) is 0. The van der Waals surface area contributed by atoms with Gasteiger partial charge in [0.2, 0.25) is 0 Å². The van der Waals surface area contributed by atoms with Crippen molar-refractivity contribution in [3.8, 4) is 0 Å². The molecule has 0 aliphatic carbocycles. The van der Waals surface area contributed by atoms with Crippen LogP contribution in [0.2, 0.25) is 0 Å². The second-order valence-corrected chi connectivity index (χ2v) is 4.59. The van der Waals surface area contributed by atoms with E-state index in [0.29, 0.717) is 5.56 Å². The molecule has 1 aromatic rings. The maximum absolute atomic E-state index is 11.7. The van der Waals surface area contributed by atoms with Crippen LogP contribution in [0.3, 0.4) is 0 Å². The molecule has 0 atom stereocenters. The van der Waals surface area contributed by atoms with E-state index in [0.717, 1.165) is 0 Å². The zero-order valence-electron chi connectivity index (χ0n) is 10.8. The zero-order valence-corrected chi connectivity index (χ0v) is 10.8. The van der Waals surface area contributed by atoms with Gasteiger partial charge in [0.25, 0.3) is 11.5 Å². The SMILES string of the molecule is CC1(C)OC(=O)C(=Cc2cccc([N+](=O)[O-])c2)C(=O)O1. The highest BCUT2D eigenvalue weighted by molar-refractivity contribution is 6.18. The van der Waals surface area contributed by atoms with E-state index in [1.165, 1.54) is 44.2 Å². The van der Waals surface area contributed by atoms with Crippen LogP contribution in [0, 0.1) is 10.1 Å². The van der Waals surface area contributed by atoms with Gasteiger partial charge in [0.1, 0.15) is 5.57 Å². The molecule has 0 saturated carbocycles. The normalized spacial score (nSPS) is 17.2. The standard InChI is InChI=1S/C13H11NO6/c1-13(2)19-11(15)10(12(16)20-13)7-8-4-3-5-9(6-8)14(17)18/h3-7H,1-2H3. The van der Waals surface area contributed by atoms with Crippen LogP contribution in [0.4, 0.5) is 5.69 Å². The van der Waals surface area contributed by atoms with Gasteiger partial charge in [0.15, 0.2) is 0 Å². The number of esters is 2. The summed E-state index contributed by atoms with van der Waals surface area (Å²) in [7, 11) is 0. The zero-order chi connectivity index (χ0) is 14.9. The molecule has 0 bridgehead atoms. The molecule has 1 fully saturated rings. The third-order valence-electron chi connectivity index (χ3n) is 2.51. The topological polar surface area (TPSA) is 95.7 Å². The lowest BCUT2D eigenvalue weighted by atomic mass is 10.1. The monoisotopic (exact) mass is 277 g/mol. The van der Waals surface area contributed by atoms with E-state index >= 15 is 0 Å². The number of nitro groups is 1. The van der Waals surface area contributed by atoms with Crippen molar-refractivity contribution in [2.45, 2.75) is 19.6 Å². The Balaban J connectivity index is 2.36. The Bertz CT molecular complexity index is 610. The second kappa shape index (κ2) is 4.76. The highest BCUT2D eigenvalue weighted by atomic mass is 16.7. The molecular weight excluding hydrogens is 266 g/mol. The second-order valence-electron chi connectivity index (χ2n) is 4.59. The van der Waals surface area contributed by atoms with E-state index in [-0.39, 0.29) is 11.3 Å². The molecule has 1 aliphatic rings. The predicted molar refractivity (Wildman–Crippen MR) is 67.3 cm³/mol. The van der Waals surface area contributed by atoms with Crippen molar-refractivity contribution in [1.82, 2.24) is 0 Å². The van der Waals surface area contributed by atoms with Gasteiger partial charge >= 0.3 is 11.9 Å². The van der Waals surface area contributed by atoms with Gasteiger partial charge in [0, 0.05) is 26.0 Å². The fourth-order valence-corrected chi connectivity index (χ4v) is 1.67. The summed E-state index contributed by atoms with van der Waals surface area (Å²) in [5, 5.41) is 10.7. The van der Waals surface area contributed by atoms with Crippen molar-refractivity contribution in [2.24, 2.45) is 0 Å². The van der Waals surface area contributed by atoms with Crippen LogP contribution in [0.5, 0.6) is 0 Å². The minimum absolute atomic E-state index is 0.141. The number of nitrogens with zero attached hydrogens (tertiary/aromatic N) is 1. The van der Waals surface area contributed by atoms with Crippen molar-refractivity contribution >= 4 is 23.7 Å². The largest absolute Gasteiger partial charge is 0.419 e. The van der Waals surface area contributed by atoms with Crippen molar-refractivity contribution in [2.75, 3.05) is 0 Å². The van der Waals surface area contributed by atoms with Crippen LogP contribution in [-0.2, 0) is 19.1 Å². The van der Waals surface area contributed by atoms with Gasteiger partial charge in [-0.15, -0.1) is 0 Å². The van der Waals surface area contributed by atoms with Gasteiger partial charge in [-0.2, -0.15) is 0 Å². The van der Waals surface area contributed by atoms with Crippen molar-refractivity contribution in [1.29, 1.82) is 0 Å². The average molecular weight is 277 g/mol. The predicted octanol–water partition coefficient (Wildman–Crippen LogP) is 1.81. The molecule has 0 amide bonds. The first kappa shape index (κ1) is 13.7. The summed E-state index contributed by atoms with van der Waals surface area (Å²) in [6.07, 6.45) is 1.20. The lowest BCUT2D eigenvalue weighted by molar-refractivity contribution is -0.384. The molecule has 20 heavy (non-hydrogen) atoms. The number of carbonyl (C=O) groups is 2. The van der Waals surface area contributed by atoms with Crippen molar-refractivity contribution < 1.29 is 24.0 Å². The first-order valence-corrected chi connectivity index (χ1v) is 5.71. The Kier molecular flexibility index (Phi) is 3.27. The number of rotatable bonds is 2. The summed E-state index contributed by atoms with van der Waals surface area (Å²) in [5.74, 6) is -2.95. The van der Waals surface area contributed by atoms with Crippen LogP contribution >= 0.6 is 0 Å². The summed E-state index contributed by atoms with van der Waals surface area (Å²) in [4.78, 5) is 33.5. The summed E-state index contributed by atoms with van der Waals surface area (Å²) in [5.41, 5.74) is -0.107. The summed E-state index contributed by atoms with van der Waals surface area (Å²) in [6.45, 7) is 2.87. The molecule has 0 unspecified atom stereocenters. The van der Waals surface area contributed by atoms with Gasteiger partial charge in [-0.25, -0.2) is 9.59 Å². The fourth-order valence-electron chi connectivity index (χ4n) is 1.67. The highest BCUT2D eigenvalue weighted by Crippen LogP contribution is 2.24. The average Bonchev–Trinajstić information content (AvgIpc) is 2.33. The lowest BCUT2D eigenvalue weighted by Gasteiger charge is -2.29. The van der Waals surface area contributed by atoms with E-state index in [2.05, 4.69) is 0 Å². The summed E-state index contributed by atoms with van der Waals surface area (Å²) in [6, 6.07) is 5.53. The molecule has 1 saturated heterocycles. The van der Waals surface area contributed by atoms with Crippen LogP contribution in [0.1, 0.15) is 19.4 Å². The Labute approximate surface area is 113 Å². The number of benzene rings is 1. The van der Waals surface area contributed by atoms with Crippen LogP contribution < -0.4 is 0 Å². The van der Waals surface area contributed by atoms with Crippen LogP contribution in [0.25, 0.3) is 6.08 Å². The van der Waals surface area contributed by atoms with Crippen molar-refractivity contribution in [3.63, 3.8) is 0 Å². The van der Waals surface area contributed by atoms with Gasteiger partial charge in [-0.1, -0.05) is 12.1 Å². The molecule has 7 heteroatoms. The highest BCUT2D eigenvalue weighted by Gasteiger charge is 2.38. The molecule has 1 aromatic carbocycles. The number of ether oxygens (including phenoxy) is 2. The van der Waals surface area contributed by atoms with Gasteiger partial charge in [0.05, 0.1) is 4.92 Å².